The fraction of sp³-hybridized carbons (Fsp3) is 1.00. The minimum atomic E-state index is -1.68. The summed E-state index contributed by atoms with van der Waals surface area (Å²) in [4.78, 5) is 0. The van der Waals surface area contributed by atoms with Crippen LogP contribution in [0.2, 0.25) is 18.1 Å². The lowest BCUT2D eigenvalue weighted by molar-refractivity contribution is 0.0780. The van der Waals surface area contributed by atoms with Gasteiger partial charge in [-0.1, -0.05) is 41.5 Å². The van der Waals surface area contributed by atoms with Gasteiger partial charge in [0.15, 0.2) is 8.32 Å². The highest BCUT2D eigenvalue weighted by atomic mass is 28.4. The van der Waals surface area contributed by atoms with E-state index in [-0.39, 0.29) is 5.04 Å². The molecule has 0 aromatic heterocycles. The zero-order valence-electron chi connectivity index (χ0n) is 14.0. The minimum Gasteiger partial charge on any atom is -0.411 e. The monoisotopic (exact) mass is 284 g/mol. The Kier molecular flexibility index (Phi) is 3.73. The third-order valence-corrected chi connectivity index (χ3v) is 10.0. The second-order valence-corrected chi connectivity index (χ2v) is 13.8. The topological polar surface area (TPSA) is 21.8 Å². The predicted molar refractivity (Wildman–Crippen MR) is 82.9 cm³/mol. The molecule has 3 heteroatoms. The van der Waals surface area contributed by atoms with Gasteiger partial charge in [-0.25, -0.2) is 0 Å². The van der Waals surface area contributed by atoms with Gasteiger partial charge in [0.2, 0.25) is 0 Å². The highest BCUT2D eigenvalue weighted by Crippen LogP contribution is 2.49. The second kappa shape index (κ2) is 4.57. The van der Waals surface area contributed by atoms with Crippen LogP contribution in [-0.4, -0.2) is 26.6 Å². The fourth-order valence-electron chi connectivity index (χ4n) is 2.84. The lowest BCUT2D eigenvalue weighted by Crippen LogP contribution is -2.48. The lowest BCUT2D eigenvalue weighted by atomic mass is 9.72. The molecule has 1 aliphatic heterocycles. The van der Waals surface area contributed by atoms with Gasteiger partial charge in [-0.15, -0.1) is 0 Å². The Hall–Kier alpha value is 0.137. The SMILES string of the molecule is CC(C)(C)[C@@H]1C[C@@H]2O[C@@H]2[C@H](O[Si](C)(C)C(C)(C)C)C1. The average molecular weight is 285 g/mol. The molecular weight excluding hydrogens is 252 g/mol. The molecule has 0 aromatic carbocycles. The first kappa shape index (κ1) is 15.5. The van der Waals surface area contributed by atoms with Crippen LogP contribution in [0.4, 0.5) is 0 Å². The zero-order valence-corrected chi connectivity index (χ0v) is 15.0. The van der Waals surface area contributed by atoms with Crippen LogP contribution in [0.15, 0.2) is 0 Å². The van der Waals surface area contributed by atoms with Crippen molar-refractivity contribution in [2.24, 2.45) is 11.3 Å². The van der Waals surface area contributed by atoms with Gasteiger partial charge in [0, 0.05) is 0 Å². The van der Waals surface area contributed by atoms with E-state index in [9.17, 15) is 0 Å². The minimum absolute atomic E-state index is 0.284. The Bertz CT molecular complexity index is 338. The molecule has 0 radical (unpaired) electrons. The van der Waals surface area contributed by atoms with Crippen LogP contribution in [0.5, 0.6) is 0 Å². The molecule has 1 heterocycles. The fourth-order valence-corrected chi connectivity index (χ4v) is 4.18. The molecule has 0 spiro atoms. The Morgan fingerprint density at radius 1 is 1.00 bits per heavy atom. The molecule has 2 fully saturated rings. The van der Waals surface area contributed by atoms with Gasteiger partial charge in [0.1, 0.15) is 6.10 Å². The molecule has 0 bridgehead atoms. The van der Waals surface area contributed by atoms with Crippen molar-refractivity contribution in [2.45, 2.75) is 90.8 Å². The highest BCUT2D eigenvalue weighted by Gasteiger charge is 2.55. The zero-order chi connectivity index (χ0) is 14.6. The van der Waals surface area contributed by atoms with Gasteiger partial charge in [-0.05, 0) is 42.3 Å². The summed E-state index contributed by atoms with van der Waals surface area (Å²) >= 11 is 0. The van der Waals surface area contributed by atoms with Crippen molar-refractivity contribution in [1.82, 2.24) is 0 Å². The molecule has 112 valence electrons. The Balaban J connectivity index is 2.05. The molecule has 0 unspecified atom stereocenters. The van der Waals surface area contributed by atoms with Crippen LogP contribution in [0.1, 0.15) is 54.4 Å². The van der Waals surface area contributed by atoms with E-state index in [0.29, 0.717) is 23.7 Å². The van der Waals surface area contributed by atoms with Crippen molar-refractivity contribution in [3.05, 3.63) is 0 Å². The summed E-state index contributed by atoms with van der Waals surface area (Å²) < 4.78 is 12.5. The van der Waals surface area contributed by atoms with Crippen molar-refractivity contribution < 1.29 is 9.16 Å². The molecule has 1 aliphatic carbocycles. The van der Waals surface area contributed by atoms with Crippen molar-refractivity contribution in [1.29, 1.82) is 0 Å². The third kappa shape index (κ3) is 3.25. The van der Waals surface area contributed by atoms with Gasteiger partial charge < -0.3 is 9.16 Å². The van der Waals surface area contributed by atoms with E-state index in [2.05, 4.69) is 54.6 Å². The summed E-state index contributed by atoms with van der Waals surface area (Å²) in [6, 6.07) is 0. The van der Waals surface area contributed by atoms with Crippen LogP contribution in [0, 0.1) is 11.3 Å². The van der Waals surface area contributed by atoms with Gasteiger partial charge in [-0.3, -0.25) is 0 Å². The van der Waals surface area contributed by atoms with Gasteiger partial charge in [0.25, 0.3) is 0 Å². The van der Waals surface area contributed by atoms with Gasteiger partial charge in [0.05, 0.1) is 12.2 Å². The normalized spacial score (nSPS) is 36.0. The number of ether oxygens (including phenoxy) is 1. The molecule has 4 atom stereocenters. The van der Waals surface area contributed by atoms with E-state index >= 15 is 0 Å². The lowest BCUT2D eigenvalue weighted by Gasteiger charge is -2.42. The van der Waals surface area contributed by atoms with Crippen molar-refractivity contribution in [3.63, 3.8) is 0 Å². The summed E-state index contributed by atoms with van der Waals surface area (Å²) in [5.74, 6) is 0.728. The maximum absolute atomic E-state index is 6.64. The standard InChI is InChI=1S/C16H32O2Si/c1-15(2,3)11-9-12-14(17-12)13(10-11)18-19(7,8)16(4,5)6/h11-14H,9-10H2,1-8H3/t11-,12+,13-,14+/m1/s1. The summed E-state index contributed by atoms with van der Waals surface area (Å²) in [6.07, 6.45) is 3.62. The molecule has 2 aliphatic rings. The van der Waals surface area contributed by atoms with Crippen LogP contribution in [0.25, 0.3) is 0 Å². The van der Waals surface area contributed by atoms with E-state index in [1.54, 1.807) is 0 Å². The smallest absolute Gasteiger partial charge is 0.192 e. The molecule has 0 N–H and O–H groups in total. The molecule has 0 amide bonds. The molecule has 19 heavy (non-hydrogen) atoms. The van der Waals surface area contributed by atoms with Gasteiger partial charge >= 0.3 is 0 Å². The predicted octanol–water partition coefficient (Wildman–Crippen LogP) is 4.60. The van der Waals surface area contributed by atoms with Crippen LogP contribution < -0.4 is 0 Å². The molecule has 0 aromatic rings. The van der Waals surface area contributed by atoms with E-state index in [1.807, 2.05) is 0 Å². The first-order valence-corrected chi connectivity index (χ1v) is 10.7. The number of fused-ring (bicyclic) bond motifs is 1. The number of rotatable bonds is 2. The van der Waals surface area contributed by atoms with E-state index < -0.39 is 8.32 Å². The van der Waals surface area contributed by atoms with Crippen molar-refractivity contribution in [3.8, 4) is 0 Å². The van der Waals surface area contributed by atoms with Crippen LogP contribution in [0.3, 0.4) is 0 Å². The van der Waals surface area contributed by atoms with Crippen molar-refractivity contribution >= 4 is 8.32 Å². The molecule has 2 rings (SSSR count). The maximum atomic E-state index is 6.64. The summed E-state index contributed by atoms with van der Waals surface area (Å²) in [7, 11) is -1.68. The molecule has 1 saturated carbocycles. The van der Waals surface area contributed by atoms with Crippen LogP contribution >= 0.6 is 0 Å². The summed E-state index contributed by atoms with van der Waals surface area (Å²) in [5.41, 5.74) is 0.367. The maximum Gasteiger partial charge on any atom is 0.192 e. The molecular formula is C16H32O2Si. The number of hydrogen-bond donors (Lipinski definition) is 0. The quantitative estimate of drug-likeness (QED) is 0.546. The Morgan fingerprint density at radius 3 is 2.05 bits per heavy atom. The first-order chi connectivity index (χ1) is 8.42. The van der Waals surface area contributed by atoms with Crippen molar-refractivity contribution in [2.75, 3.05) is 0 Å². The Morgan fingerprint density at radius 2 is 1.58 bits per heavy atom. The second-order valence-electron chi connectivity index (χ2n) is 9.09. The first-order valence-electron chi connectivity index (χ1n) is 7.75. The molecule has 1 saturated heterocycles. The largest absolute Gasteiger partial charge is 0.411 e. The number of hydrogen-bond acceptors (Lipinski definition) is 2. The highest BCUT2D eigenvalue weighted by molar-refractivity contribution is 6.74. The average Bonchev–Trinajstić information content (AvgIpc) is 2.92. The number of epoxide rings is 1. The van der Waals surface area contributed by atoms with E-state index in [0.717, 1.165) is 5.92 Å². The van der Waals surface area contributed by atoms with Gasteiger partial charge in [-0.2, -0.15) is 0 Å². The van der Waals surface area contributed by atoms with Crippen LogP contribution in [-0.2, 0) is 9.16 Å². The summed E-state index contributed by atoms with van der Waals surface area (Å²) in [6.45, 7) is 18.7. The Labute approximate surface area is 120 Å². The van der Waals surface area contributed by atoms with E-state index in [4.69, 9.17) is 9.16 Å². The third-order valence-electron chi connectivity index (χ3n) is 5.50. The van der Waals surface area contributed by atoms with E-state index in [1.165, 1.54) is 12.8 Å². The summed E-state index contributed by atoms with van der Waals surface area (Å²) in [5, 5.41) is 0.284. The molecule has 2 nitrogen and oxygen atoms in total.